The lowest BCUT2D eigenvalue weighted by Gasteiger charge is -2.13. The van der Waals surface area contributed by atoms with Crippen molar-refractivity contribution >= 4 is 5.91 Å². The van der Waals surface area contributed by atoms with Gasteiger partial charge in [-0.25, -0.2) is 0 Å². The van der Waals surface area contributed by atoms with E-state index in [-0.39, 0.29) is 17.6 Å². The van der Waals surface area contributed by atoms with E-state index in [1.807, 2.05) is 18.2 Å². The van der Waals surface area contributed by atoms with E-state index in [9.17, 15) is 9.90 Å². The second-order valence-electron chi connectivity index (χ2n) is 4.73. The smallest absolute Gasteiger partial charge is 0.290 e. The van der Waals surface area contributed by atoms with Gasteiger partial charge in [0, 0.05) is 19.2 Å². The van der Waals surface area contributed by atoms with Crippen LogP contribution in [0.4, 0.5) is 0 Å². The molecule has 5 nitrogen and oxygen atoms in total. The van der Waals surface area contributed by atoms with E-state index in [2.05, 4.69) is 0 Å². The molecule has 0 saturated carbocycles. The van der Waals surface area contributed by atoms with Gasteiger partial charge in [0.25, 0.3) is 11.9 Å². The van der Waals surface area contributed by atoms with Crippen LogP contribution in [0.1, 0.15) is 17.0 Å². The lowest BCUT2D eigenvalue weighted by Crippen LogP contribution is -2.29. The third-order valence-electron chi connectivity index (χ3n) is 3.20. The van der Waals surface area contributed by atoms with Gasteiger partial charge in [-0.3, -0.25) is 4.79 Å². The zero-order valence-electron chi connectivity index (χ0n) is 10.9. The Bertz CT molecular complexity index is 593. The second kappa shape index (κ2) is 5.38. The first-order chi connectivity index (χ1) is 9.72. The molecule has 1 N–H and O–H groups in total. The van der Waals surface area contributed by atoms with Gasteiger partial charge in [0.2, 0.25) is 0 Å². The molecule has 2 aromatic rings. The molecule has 0 unspecified atom stereocenters. The van der Waals surface area contributed by atoms with Gasteiger partial charge >= 0.3 is 0 Å². The Morgan fingerprint density at radius 1 is 1.25 bits per heavy atom. The van der Waals surface area contributed by atoms with E-state index < -0.39 is 6.10 Å². The summed E-state index contributed by atoms with van der Waals surface area (Å²) in [4.78, 5) is 13.7. The zero-order valence-corrected chi connectivity index (χ0v) is 10.9. The van der Waals surface area contributed by atoms with Gasteiger partial charge in [0.15, 0.2) is 5.76 Å². The van der Waals surface area contributed by atoms with E-state index in [4.69, 9.17) is 9.15 Å². The minimum atomic E-state index is -0.436. The number of furan rings is 1. The Hall–Kier alpha value is -2.27. The van der Waals surface area contributed by atoms with E-state index >= 15 is 0 Å². The molecule has 0 bridgehead atoms. The molecule has 20 heavy (non-hydrogen) atoms. The highest BCUT2D eigenvalue weighted by atomic mass is 16.6. The fourth-order valence-electron chi connectivity index (χ4n) is 2.18. The third-order valence-corrected chi connectivity index (χ3v) is 3.20. The molecule has 1 aliphatic heterocycles. The fourth-order valence-corrected chi connectivity index (χ4v) is 2.18. The Kier molecular flexibility index (Phi) is 3.43. The summed E-state index contributed by atoms with van der Waals surface area (Å²) in [5.41, 5.74) is 0. The number of nitrogens with zero attached hydrogens (tertiary/aromatic N) is 1. The minimum absolute atomic E-state index is 0.218. The van der Waals surface area contributed by atoms with Crippen molar-refractivity contribution in [3.05, 3.63) is 48.2 Å². The van der Waals surface area contributed by atoms with E-state index in [0.29, 0.717) is 25.3 Å². The van der Waals surface area contributed by atoms with E-state index in [1.54, 1.807) is 29.2 Å². The van der Waals surface area contributed by atoms with Crippen LogP contribution in [0.3, 0.4) is 0 Å². The molecule has 0 spiro atoms. The summed E-state index contributed by atoms with van der Waals surface area (Å²) in [6.45, 7) is 0.907. The molecule has 1 aromatic heterocycles. The van der Waals surface area contributed by atoms with Gasteiger partial charge in [-0.05, 0) is 24.6 Å². The van der Waals surface area contributed by atoms with Gasteiger partial charge in [0.1, 0.15) is 5.75 Å². The summed E-state index contributed by atoms with van der Waals surface area (Å²) in [7, 11) is 0. The molecule has 104 valence electrons. The Morgan fingerprint density at radius 2 is 2.05 bits per heavy atom. The number of amides is 1. The van der Waals surface area contributed by atoms with Crippen LogP contribution in [0.15, 0.2) is 46.9 Å². The highest BCUT2D eigenvalue weighted by Crippen LogP contribution is 2.24. The number of benzene rings is 1. The van der Waals surface area contributed by atoms with Crippen LogP contribution in [0, 0.1) is 0 Å². The average Bonchev–Trinajstić information content (AvgIpc) is 3.08. The second-order valence-corrected chi connectivity index (χ2v) is 4.73. The van der Waals surface area contributed by atoms with Crippen molar-refractivity contribution in [1.29, 1.82) is 0 Å². The van der Waals surface area contributed by atoms with Crippen LogP contribution >= 0.6 is 0 Å². The number of likely N-dealkylation sites (tertiary alicyclic amines) is 1. The molecule has 1 amide bonds. The number of β-amino-alcohol motifs (C(OH)–C–C–N with tert-alkyl or cyclic N) is 1. The van der Waals surface area contributed by atoms with Crippen LogP contribution in [-0.2, 0) is 0 Å². The molecule has 1 aliphatic rings. The minimum Gasteiger partial charge on any atom is -0.426 e. The Labute approximate surface area is 116 Å². The number of hydrogen-bond acceptors (Lipinski definition) is 4. The molecule has 2 heterocycles. The fraction of sp³-hybridized carbons (Fsp3) is 0.267. The average molecular weight is 273 g/mol. The van der Waals surface area contributed by atoms with Crippen molar-refractivity contribution in [2.45, 2.75) is 12.5 Å². The number of ether oxygens (including phenoxy) is 1. The standard InChI is InChI=1S/C15H15NO4/c17-11-8-9-16(10-11)15(18)13-6-7-14(20-13)19-12-4-2-1-3-5-12/h1-7,11,17H,8-10H2/t11-/m1/s1. The molecule has 1 aromatic carbocycles. The molecule has 1 atom stereocenters. The summed E-state index contributed by atoms with van der Waals surface area (Å²) in [6.07, 6.45) is 0.175. The molecular weight excluding hydrogens is 258 g/mol. The molecular formula is C15H15NO4. The number of para-hydroxylation sites is 1. The molecule has 1 fully saturated rings. The quantitative estimate of drug-likeness (QED) is 0.931. The van der Waals surface area contributed by atoms with Crippen molar-refractivity contribution in [3.8, 4) is 11.7 Å². The van der Waals surface area contributed by atoms with E-state index in [0.717, 1.165) is 0 Å². The van der Waals surface area contributed by atoms with Gasteiger partial charge in [-0.2, -0.15) is 0 Å². The predicted molar refractivity (Wildman–Crippen MR) is 71.8 cm³/mol. The zero-order chi connectivity index (χ0) is 13.9. The van der Waals surface area contributed by atoms with Crippen LogP contribution in [-0.4, -0.2) is 35.1 Å². The van der Waals surface area contributed by atoms with Gasteiger partial charge in [-0.15, -0.1) is 0 Å². The van der Waals surface area contributed by atoms with Crippen molar-refractivity contribution in [3.63, 3.8) is 0 Å². The summed E-state index contributed by atoms with van der Waals surface area (Å²) in [5, 5.41) is 9.45. The maximum atomic E-state index is 12.1. The maximum Gasteiger partial charge on any atom is 0.290 e. The lowest BCUT2D eigenvalue weighted by atomic mass is 10.3. The number of aliphatic hydroxyl groups excluding tert-OH is 1. The largest absolute Gasteiger partial charge is 0.426 e. The monoisotopic (exact) mass is 273 g/mol. The van der Waals surface area contributed by atoms with Crippen molar-refractivity contribution in [1.82, 2.24) is 4.90 Å². The summed E-state index contributed by atoms with van der Waals surface area (Å²) in [6, 6.07) is 12.4. The van der Waals surface area contributed by atoms with Crippen molar-refractivity contribution in [2.24, 2.45) is 0 Å². The van der Waals surface area contributed by atoms with Crippen LogP contribution < -0.4 is 4.74 Å². The van der Waals surface area contributed by atoms with Gasteiger partial charge in [0.05, 0.1) is 6.10 Å². The van der Waals surface area contributed by atoms with E-state index in [1.165, 1.54) is 0 Å². The molecule has 0 aliphatic carbocycles. The highest BCUT2D eigenvalue weighted by Gasteiger charge is 2.27. The van der Waals surface area contributed by atoms with Gasteiger partial charge in [-0.1, -0.05) is 18.2 Å². The SMILES string of the molecule is O=C(c1ccc(Oc2ccccc2)o1)N1CC[C@@H](O)C1. The summed E-state index contributed by atoms with van der Waals surface area (Å²) in [5.74, 6) is 0.936. The van der Waals surface area contributed by atoms with Crippen molar-refractivity contribution < 1.29 is 19.1 Å². The first-order valence-electron chi connectivity index (χ1n) is 6.52. The van der Waals surface area contributed by atoms with Gasteiger partial charge < -0.3 is 19.2 Å². The maximum absolute atomic E-state index is 12.1. The first kappa shape index (κ1) is 12.7. The van der Waals surface area contributed by atoms with Crippen LogP contribution in [0.2, 0.25) is 0 Å². The van der Waals surface area contributed by atoms with Crippen LogP contribution in [0.25, 0.3) is 0 Å². The number of aliphatic hydroxyl groups is 1. The summed E-state index contributed by atoms with van der Waals surface area (Å²) < 4.78 is 10.9. The lowest BCUT2D eigenvalue weighted by molar-refractivity contribution is 0.0729. The van der Waals surface area contributed by atoms with Crippen LogP contribution in [0.5, 0.6) is 11.7 Å². The molecule has 1 saturated heterocycles. The predicted octanol–water partition coefficient (Wildman–Crippen LogP) is 2.28. The topological polar surface area (TPSA) is 62.9 Å². The molecule has 5 heteroatoms. The number of carbonyl (C=O) groups excluding carboxylic acids is 1. The highest BCUT2D eigenvalue weighted by molar-refractivity contribution is 5.91. The summed E-state index contributed by atoms with van der Waals surface area (Å²) >= 11 is 0. The Morgan fingerprint density at radius 3 is 2.75 bits per heavy atom. The number of rotatable bonds is 3. The third kappa shape index (κ3) is 2.67. The Balaban J connectivity index is 1.69. The molecule has 0 radical (unpaired) electrons. The first-order valence-corrected chi connectivity index (χ1v) is 6.52. The molecule has 3 rings (SSSR count). The number of hydrogen-bond donors (Lipinski definition) is 1. The number of carbonyl (C=O) groups is 1. The normalized spacial score (nSPS) is 18.2. The van der Waals surface area contributed by atoms with Crippen molar-refractivity contribution in [2.75, 3.05) is 13.1 Å².